The Morgan fingerprint density at radius 1 is 0.464 bits per heavy atom. The number of aryl methyl sites for hydroxylation is 1. The van der Waals surface area contributed by atoms with Crippen molar-refractivity contribution in [1.82, 2.24) is 0 Å². The van der Waals surface area contributed by atoms with Crippen molar-refractivity contribution in [3.63, 3.8) is 0 Å². The van der Waals surface area contributed by atoms with Gasteiger partial charge in [0.15, 0.2) is 0 Å². The lowest BCUT2D eigenvalue weighted by atomic mass is 9.65. The summed E-state index contributed by atoms with van der Waals surface area (Å²) in [6.45, 7) is 8.82. The van der Waals surface area contributed by atoms with E-state index in [4.69, 9.17) is 9.15 Å². The van der Waals surface area contributed by atoms with E-state index in [9.17, 15) is 0 Å². The highest BCUT2D eigenvalue weighted by atomic mass is 16.5. The van der Waals surface area contributed by atoms with Gasteiger partial charge in [0.05, 0.1) is 11.1 Å². The Morgan fingerprint density at radius 3 is 1.78 bits per heavy atom. The van der Waals surface area contributed by atoms with Gasteiger partial charge in [-0.05, 0) is 117 Å². The van der Waals surface area contributed by atoms with E-state index in [0.29, 0.717) is 0 Å². The number of furan rings is 1. The molecule has 1 spiro atoms. The second-order valence-corrected chi connectivity index (χ2v) is 19.5. The van der Waals surface area contributed by atoms with Crippen molar-refractivity contribution < 1.29 is 9.15 Å². The number of hydrogen-bond donors (Lipinski definition) is 0. The summed E-state index contributed by atoms with van der Waals surface area (Å²) in [6, 6.07) is 74.3. The van der Waals surface area contributed by atoms with Crippen LogP contribution in [0.1, 0.15) is 65.5 Å². The van der Waals surface area contributed by atoms with Crippen molar-refractivity contribution in [2.45, 2.75) is 38.5 Å². The molecule has 0 atom stereocenters. The minimum atomic E-state index is -0.633. The number of nitrogens with zero attached hydrogens (tertiary/aromatic N) is 1. The molecule has 0 fully saturated rings. The van der Waals surface area contributed by atoms with Gasteiger partial charge in [0.1, 0.15) is 22.8 Å². The average molecular weight is 886 g/mol. The van der Waals surface area contributed by atoms with Gasteiger partial charge in [-0.3, -0.25) is 0 Å². The third-order valence-corrected chi connectivity index (χ3v) is 15.6. The monoisotopic (exact) mass is 885 g/mol. The molecule has 14 rings (SSSR count). The van der Waals surface area contributed by atoms with E-state index in [0.717, 1.165) is 94.7 Å². The van der Waals surface area contributed by atoms with Crippen LogP contribution in [0.3, 0.4) is 0 Å². The van der Waals surface area contributed by atoms with Crippen molar-refractivity contribution in [3.8, 4) is 44.9 Å². The van der Waals surface area contributed by atoms with Crippen molar-refractivity contribution in [1.29, 1.82) is 0 Å². The fourth-order valence-corrected chi connectivity index (χ4v) is 12.5. The molecule has 69 heavy (non-hydrogen) atoms. The van der Waals surface area contributed by atoms with Crippen LogP contribution < -0.4 is 9.64 Å². The Hall–Kier alpha value is -8.40. The summed E-state index contributed by atoms with van der Waals surface area (Å²) in [4.78, 5) is 2.49. The summed E-state index contributed by atoms with van der Waals surface area (Å²) in [6.07, 6.45) is 4.22. The molecule has 1 aliphatic heterocycles. The molecule has 11 aromatic rings. The van der Waals surface area contributed by atoms with Crippen LogP contribution in [0.2, 0.25) is 0 Å². The molecule has 2 heterocycles. The van der Waals surface area contributed by atoms with Gasteiger partial charge in [0.2, 0.25) is 0 Å². The standard InChI is InChI=1S/C66H47NO2/c1-5-15-47-40(2)68-61-37-30-44(38-53(47)61)41-26-31-45(32-27-41)67(60-25-14-24-57-62(60)51-21-11-12-22-54(51)65(57,3)4)46-33-36-56-52(39-46)50-20-10-13-23-55(50)66(56)58-34-28-42-16-6-8-18-48(42)63(58)69-64-49-19-9-7-17-43(49)29-35-59(64)66/h5-39H,1-4H3/b15-5-. The zero-order valence-corrected chi connectivity index (χ0v) is 39.0. The number of rotatable bonds is 5. The van der Waals surface area contributed by atoms with E-state index < -0.39 is 5.41 Å². The lowest BCUT2D eigenvalue weighted by Crippen LogP contribution is -2.32. The van der Waals surface area contributed by atoms with E-state index in [-0.39, 0.29) is 5.41 Å². The number of allylic oxidation sites excluding steroid dienone is 1. The van der Waals surface area contributed by atoms with Gasteiger partial charge in [-0.1, -0.05) is 184 Å². The molecule has 10 aromatic carbocycles. The van der Waals surface area contributed by atoms with Crippen LogP contribution in [0, 0.1) is 6.92 Å². The first-order valence-corrected chi connectivity index (χ1v) is 24.1. The third-order valence-electron chi connectivity index (χ3n) is 15.6. The Balaban J connectivity index is 1.01. The highest BCUT2D eigenvalue weighted by molar-refractivity contribution is 6.02. The Kier molecular flexibility index (Phi) is 8.38. The summed E-state index contributed by atoms with van der Waals surface area (Å²) in [5, 5.41) is 5.68. The summed E-state index contributed by atoms with van der Waals surface area (Å²) in [7, 11) is 0. The maximum absolute atomic E-state index is 7.25. The molecule has 1 aromatic heterocycles. The average Bonchev–Trinajstić information content (AvgIpc) is 3.95. The number of anilines is 3. The number of hydrogen-bond acceptors (Lipinski definition) is 3. The number of fused-ring (bicyclic) bond motifs is 17. The van der Waals surface area contributed by atoms with Crippen LogP contribution in [-0.2, 0) is 10.8 Å². The van der Waals surface area contributed by atoms with Crippen LogP contribution in [0.4, 0.5) is 17.1 Å². The predicted octanol–water partition coefficient (Wildman–Crippen LogP) is 18.0. The van der Waals surface area contributed by atoms with Crippen molar-refractivity contribution >= 4 is 55.7 Å². The maximum Gasteiger partial charge on any atom is 0.140 e. The fourth-order valence-electron chi connectivity index (χ4n) is 12.5. The largest absolute Gasteiger partial charge is 0.461 e. The molecule has 0 unspecified atom stereocenters. The van der Waals surface area contributed by atoms with Gasteiger partial charge in [-0.15, -0.1) is 0 Å². The summed E-state index contributed by atoms with van der Waals surface area (Å²) >= 11 is 0. The molecule has 0 radical (unpaired) electrons. The van der Waals surface area contributed by atoms with E-state index in [1.165, 1.54) is 44.5 Å². The van der Waals surface area contributed by atoms with Crippen LogP contribution in [0.5, 0.6) is 11.5 Å². The molecule has 0 saturated heterocycles. The first-order chi connectivity index (χ1) is 33.8. The maximum atomic E-state index is 7.25. The van der Waals surface area contributed by atoms with Crippen molar-refractivity contribution in [3.05, 3.63) is 251 Å². The van der Waals surface area contributed by atoms with E-state index in [1.807, 2.05) is 6.92 Å². The fraction of sp³-hybridized carbons (Fsp3) is 0.0909. The molecule has 0 bridgehead atoms. The summed E-state index contributed by atoms with van der Waals surface area (Å²) in [5.74, 6) is 2.78. The minimum absolute atomic E-state index is 0.158. The second kappa shape index (κ2) is 14.6. The van der Waals surface area contributed by atoms with Crippen LogP contribution in [0.25, 0.3) is 72.0 Å². The molecular formula is C66H47NO2. The van der Waals surface area contributed by atoms with Gasteiger partial charge in [0, 0.05) is 55.2 Å². The highest BCUT2D eigenvalue weighted by Crippen LogP contribution is 2.65. The molecular weight excluding hydrogens is 839 g/mol. The molecule has 328 valence electrons. The molecule has 0 amide bonds. The Labute approximate surface area is 402 Å². The van der Waals surface area contributed by atoms with Gasteiger partial charge >= 0.3 is 0 Å². The smallest absolute Gasteiger partial charge is 0.140 e. The predicted molar refractivity (Wildman–Crippen MR) is 286 cm³/mol. The summed E-state index contributed by atoms with van der Waals surface area (Å²) in [5.41, 5.74) is 19.5. The first-order valence-electron chi connectivity index (χ1n) is 24.1. The quantitative estimate of drug-likeness (QED) is 0.172. The van der Waals surface area contributed by atoms with E-state index >= 15 is 0 Å². The first kappa shape index (κ1) is 39.7. The normalized spacial score (nSPS) is 14.4. The van der Waals surface area contributed by atoms with Crippen molar-refractivity contribution in [2.24, 2.45) is 0 Å². The number of ether oxygens (including phenoxy) is 1. The van der Waals surface area contributed by atoms with Gasteiger partial charge in [0.25, 0.3) is 0 Å². The Morgan fingerprint density at radius 2 is 1.06 bits per heavy atom. The molecule has 3 heteroatoms. The highest BCUT2D eigenvalue weighted by Gasteiger charge is 2.52. The van der Waals surface area contributed by atoms with E-state index in [2.05, 4.69) is 238 Å². The SMILES string of the molecule is C/C=C\c1c(C)oc2ccc(-c3ccc(N(c4ccc5c(c4)-c4ccccc4C54c5ccc6ccccc6c5Oc5c4ccc4ccccc54)c4cccc5c4-c4ccccc4C5(C)C)cc3)cc12. The zero-order chi connectivity index (χ0) is 46.2. The van der Waals surface area contributed by atoms with Crippen molar-refractivity contribution in [2.75, 3.05) is 4.90 Å². The lowest BCUT2D eigenvalue weighted by Gasteiger charge is -2.40. The van der Waals surface area contributed by atoms with Crippen LogP contribution in [-0.4, -0.2) is 0 Å². The third kappa shape index (κ3) is 5.44. The Bertz CT molecular complexity index is 3910. The van der Waals surface area contributed by atoms with Gasteiger partial charge in [-0.25, -0.2) is 0 Å². The molecule has 0 saturated carbocycles. The lowest BCUT2D eigenvalue weighted by molar-refractivity contribution is 0.447. The van der Waals surface area contributed by atoms with Crippen LogP contribution >= 0.6 is 0 Å². The number of benzene rings is 10. The summed E-state index contributed by atoms with van der Waals surface area (Å²) < 4.78 is 13.4. The molecule has 3 nitrogen and oxygen atoms in total. The molecule has 3 aliphatic rings. The minimum Gasteiger partial charge on any atom is -0.461 e. The zero-order valence-electron chi connectivity index (χ0n) is 39.0. The molecule has 2 aliphatic carbocycles. The topological polar surface area (TPSA) is 25.6 Å². The van der Waals surface area contributed by atoms with E-state index in [1.54, 1.807) is 0 Å². The van der Waals surface area contributed by atoms with Gasteiger partial charge in [-0.2, -0.15) is 0 Å². The second-order valence-electron chi connectivity index (χ2n) is 19.5. The van der Waals surface area contributed by atoms with Gasteiger partial charge < -0.3 is 14.1 Å². The van der Waals surface area contributed by atoms with Crippen LogP contribution in [0.15, 0.2) is 211 Å². The molecule has 0 N–H and O–H groups in total.